The van der Waals surface area contributed by atoms with Gasteiger partial charge in [-0.1, -0.05) is 12.1 Å². The van der Waals surface area contributed by atoms with Gasteiger partial charge in [-0.25, -0.2) is 14.4 Å². The molecule has 0 saturated heterocycles. The highest BCUT2D eigenvalue weighted by atomic mass is 19.1. The predicted octanol–water partition coefficient (Wildman–Crippen LogP) is 2.18. The number of anilines is 1. The summed E-state index contributed by atoms with van der Waals surface area (Å²) in [5.41, 5.74) is 0.342. The minimum atomic E-state index is -0.480. The van der Waals surface area contributed by atoms with Gasteiger partial charge in [0.1, 0.15) is 17.3 Å². The van der Waals surface area contributed by atoms with E-state index in [4.69, 9.17) is 0 Å². The van der Waals surface area contributed by atoms with Gasteiger partial charge in [0.25, 0.3) is 5.91 Å². The molecule has 5 heteroatoms. The van der Waals surface area contributed by atoms with Crippen molar-refractivity contribution in [2.45, 2.75) is 6.92 Å². The number of nitrogens with zero attached hydrogens (tertiary/aromatic N) is 2. The van der Waals surface area contributed by atoms with Crippen LogP contribution in [0.3, 0.4) is 0 Å². The van der Waals surface area contributed by atoms with Crippen LogP contribution in [0.25, 0.3) is 0 Å². The largest absolute Gasteiger partial charge is 0.318 e. The first kappa shape index (κ1) is 11.2. The fourth-order valence-electron chi connectivity index (χ4n) is 1.33. The van der Waals surface area contributed by atoms with Crippen molar-refractivity contribution in [3.63, 3.8) is 0 Å². The lowest BCUT2D eigenvalue weighted by molar-refractivity contribution is 0.102. The van der Waals surface area contributed by atoms with Crippen LogP contribution in [0.5, 0.6) is 0 Å². The number of para-hydroxylation sites is 1. The lowest BCUT2D eigenvalue weighted by Gasteiger charge is -2.05. The van der Waals surface area contributed by atoms with Crippen molar-refractivity contribution >= 4 is 11.6 Å². The van der Waals surface area contributed by atoms with Gasteiger partial charge in [-0.05, 0) is 25.1 Å². The SMILES string of the molecule is Cc1nccc(C(=O)Nc2ccccc2F)n1. The van der Waals surface area contributed by atoms with E-state index in [1.54, 1.807) is 19.1 Å². The molecule has 0 spiro atoms. The number of benzene rings is 1. The molecule has 0 aliphatic carbocycles. The third-order valence-electron chi connectivity index (χ3n) is 2.13. The van der Waals surface area contributed by atoms with E-state index in [0.717, 1.165) is 0 Å². The van der Waals surface area contributed by atoms with Crippen LogP contribution in [0.1, 0.15) is 16.3 Å². The Morgan fingerprint density at radius 3 is 2.76 bits per heavy atom. The smallest absolute Gasteiger partial charge is 0.274 e. The Hall–Kier alpha value is -2.30. The molecule has 0 unspecified atom stereocenters. The molecule has 1 heterocycles. The Kier molecular flexibility index (Phi) is 3.09. The molecule has 0 aliphatic rings. The van der Waals surface area contributed by atoms with Crippen LogP contribution < -0.4 is 5.32 Å². The van der Waals surface area contributed by atoms with Gasteiger partial charge >= 0.3 is 0 Å². The first-order chi connectivity index (χ1) is 8.16. The quantitative estimate of drug-likeness (QED) is 0.861. The van der Waals surface area contributed by atoms with E-state index in [0.29, 0.717) is 5.82 Å². The lowest BCUT2D eigenvalue weighted by Crippen LogP contribution is -2.15. The molecular formula is C12H10FN3O. The average molecular weight is 231 g/mol. The van der Waals surface area contributed by atoms with Gasteiger partial charge in [0.2, 0.25) is 0 Å². The topological polar surface area (TPSA) is 54.9 Å². The second-order valence-electron chi connectivity index (χ2n) is 3.42. The van der Waals surface area contributed by atoms with Gasteiger partial charge in [0, 0.05) is 6.20 Å². The van der Waals surface area contributed by atoms with Gasteiger partial charge in [-0.3, -0.25) is 4.79 Å². The van der Waals surface area contributed by atoms with Crippen molar-refractivity contribution in [1.82, 2.24) is 9.97 Å². The molecule has 0 bridgehead atoms. The first-order valence-corrected chi connectivity index (χ1v) is 5.02. The molecule has 1 aromatic carbocycles. The molecule has 17 heavy (non-hydrogen) atoms. The average Bonchev–Trinajstić information content (AvgIpc) is 2.32. The minimum Gasteiger partial charge on any atom is -0.318 e. The third-order valence-corrected chi connectivity index (χ3v) is 2.13. The normalized spacial score (nSPS) is 10.0. The van der Waals surface area contributed by atoms with Crippen molar-refractivity contribution in [2.24, 2.45) is 0 Å². The van der Waals surface area contributed by atoms with Crippen LogP contribution in [0.4, 0.5) is 10.1 Å². The molecule has 4 nitrogen and oxygen atoms in total. The number of carbonyl (C=O) groups excluding carboxylic acids is 1. The number of rotatable bonds is 2. The standard InChI is InChI=1S/C12H10FN3O/c1-8-14-7-6-11(15-8)12(17)16-10-5-3-2-4-9(10)13/h2-7H,1H3,(H,16,17). The maximum atomic E-state index is 13.3. The van der Waals surface area contributed by atoms with Gasteiger partial charge in [-0.2, -0.15) is 0 Å². The van der Waals surface area contributed by atoms with Crippen LogP contribution in [0.15, 0.2) is 36.5 Å². The molecule has 0 atom stereocenters. The number of aromatic nitrogens is 2. The Bertz CT molecular complexity index is 557. The summed E-state index contributed by atoms with van der Waals surface area (Å²) in [5.74, 6) is -0.446. The fourth-order valence-corrected chi connectivity index (χ4v) is 1.33. The van der Waals surface area contributed by atoms with Crippen LogP contribution >= 0.6 is 0 Å². The summed E-state index contributed by atoms with van der Waals surface area (Å²) in [4.78, 5) is 19.6. The first-order valence-electron chi connectivity index (χ1n) is 5.02. The molecular weight excluding hydrogens is 221 g/mol. The number of hydrogen-bond donors (Lipinski definition) is 1. The number of nitrogens with one attached hydrogen (secondary N) is 1. The zero-order valence-electron chi connectivity index (χ0n) is 9.14. The highest BCUT2D eigenvalue weighted by molar-refractivity contribution is 6.02. The zero-order chi connectivity index (χ0) is 12.3. The zero-order valence-corrected chi connectivity index (χ0v) is 9.14. The van der Waals surface area contributed by atoms with Crippen LogP contribution in [0.2, 0.25) is 0 Å². The van der Waals surface area contributed by atoms with E-state index >= 15 is 0 Å². The van der Waals surface area contributed by atoms with E-state index in [-0.39, 0.29) is 11.4 Å². The van der Waals surface area contributed by atoms with Crippen LogP contribution in [-0.4, -0.2) is 15.9 Å². The summed E-state index contributed by atoms with van der Waals surface area (Å²) in [7, 11) is 0. The van der Waals surface area contributed by atoms with Crippen molar-refractivity contribution in [1.29, 1.82) is 0 Å². The minimum absolute atomic E-state index is 0.133. The molecule has 1 amide bonds. The number of halogens is 1. The number of carbonyl (C=O) groups is 1. The molecule has 0 fully saturated rings. The second-order valence-corrected chi connectivity index (χ2v) is 3.42. The maximum absolute atomic E-state index is 13.3. The van der Waals surface area contributed by atoms with E-state index in [9.17, 15) is 9.18 Å². The van der Waals surface area contributed by atoms with E-state index < -0.39 is 11.7 Å². The summed E-state index contributed by atoms with van der Waals surface area (Å²) in [6.07, 6.45) is 1.48. The van der Waals surface area contributed by atoms with Crippen LogP contribution in [-0.2, 0) is 0 Å². The summed E-state index contributed by atoms with van der Waals surface area (Å²) in [6.45, 7) is 1.68. The monoisotopic (exact) mass is 231 g/mol. The third kappa shape index (κ3) is 2.63. The fraction of sp³-hybridized carbons (Fsp3) is 0.0833. The highest BCUT2D eigenvalue weighted by Crippen LogP contribution is 2.13. The van der Waals surface area contributed by atoms with Gasteiger partial charge in [0.15, 0.2) is 0 Å². The maximum Gasteiger partial charge on any atom is 0.274 e. The van der Waals surface area contributed by atoms with E-state index in [2.05, 4.69) is 15.3 Å². The molecule has 0 aliphatic heterocycles. The number of amides is 1. The van der Waals surface area contributed by atoms with Gasteiger partial charge in [0.05, 0.1) is 5.69 Å². The number of hydrogen-bond acceptors (Lipinski definition) is 3. The Morgan fingerprint density at radius 1 is 1.29 bits per heavy atom. The molecule has 2 aromatic rings. The summed E-state index contributed by atoms with van der Waals surface area (Å²) >= 11 is 0. The van der Waals surface area contributed by atoms with Crippen LogP contribution in [0, 0.1) is 12.7 Å². The Labute approximate surface area is 97.5 Å². The molecule has 86 valence electrons. The summed E-state index contributed by atoms with van der Waals surface area (Å²) in [5, 5.41) is 2.45. The molecule has 2 rings (SSSR count). The highest BCUT2D eigenvalue weighted by Gasteiger charge is 2.10. The van der Waals surface area contributed by atoms with E-state index in [1.807, 2.05) is 0 Å². The summed E-state index contributed by atoms with van der Waals surface area (Å²) < 4.78 is 13.3. The second kappa shape index (κ2) is 4.69. The molecule has 0 saturated carbocycles. The van der Waals surface area contributed by atoms with Gasteiger partial charge < -0.3 is 5.32 Å². The van der Waals surface area contributed by atoms with Crippen molar-refractivity contribution < 1.29 is 9.18 Å². The summed E-state index contributed by atoms with van der Waals surface area (Å²) in [6, 6.07) is 7.44. The Balaban J connectivity index is 2.20. The van der Waals surface area contributed by atoms with E-state index in [1.165, 1.54) is 24.4 Å². The van der Waals surface area contributed by atoms with Crippen molar-refractivity contribution in [2.75, 3.05) is 5.32 Å². The lowest BCUT2D eigenvalue weighted by atomic mass is 10.3. The van der Waals surface area contributed by atoms with Gasteiger partial charge in [-0.15, -0.1) is 0 Å². The molecule has 0 radical (unpaired) electrons. The van der Waals surface area contributed by atoms with Crippen molar-refractivity contribution in [3.05, 3.63) is 53.9 Å². The number of aryl methyl sites for hydroxylation is 1. The Morgan fingerprint density at radius 2 is 2.06 bits per heavy atom. The molecule has 1 aromatic heterocycles. The van der Waals surface area contributed by atoms with Crippen molar-refractivity contribution in [3.8, 4) is 0 Å². The predicted molar refractivity (Wildman–Crippen MR) is 61.1 cm³/mol. The molecule has 1 N–H and O–H groups in total.